The van der Waals surface area contributed by atoms with Crippen LogP contribution in [0.5, 0.6) is 5.75 Å². The molecule has 1 aliphatic heterocycles. The summed E-state index contributed by atoms with van der Waals surface area (Å²) in [5, 5.41) is 8.27. The van der Waals surface area contributed by atoms with E-state index >= 15 is 0 Å². The van der Waals surface area contributed by atoms with E-state index < -0.39 is 0 Å². The zero-order valence-corrected chi connectivity index (χ0v) is 23.5. The van der Waals surface area contributed by atoms with Gasteiger partial charge in [-0.15, -0.1) is 12.8 Å². The van der Waals surface area contributed by atoms with Gasteiger partial charge in [-0.2, -0.15) is 4.98 Å². The van der Waals surface area contributed by atoms with E-state index in [1.165, 1.54) is 5.56 Å². The molecule has 0 bridgehead atoms. The molecule has 0 atom stereocenters. The van der Waals surface area contributed by atoms with E-state index in [9.17, 15) is 0 Å². The molecule has 9 heteroatoms. The molecule has 9 nitrogen and oxygen atoms in total. The second kappa shape index (κ2) is 15.5. The number of unbranched alkanes of at least 4 members (excludes halogenated alkanes) is 1. The van der Waals surface area contributed by atoms with Crippen LogP contribution in [0.25, 0.3) is 21.9 Å². The van der Waals surface area contributed by atoms with Crippen LogP contribution in [0.1, 0.15) is 43.7 Å². The number of hydrogen-bond donors (Lipinski definition) is 3. The van der Waals surface area contributed by atoms with Crippen LogP contribution in [0.4, 0.5) is 11.8 Å². The lowest BCUT2D eigenvalue weighted by atomic mass is 10.1. The Morgan fingerprint density at radius 1 is 1.15 bits per heavy atom. The van der Waals surface area contributed by atoms with E-state index in [1.54, 1.807) is 7.11 Å². The van der Waals surface area contributed by atoms with Gasteiger partial charge in [0.05, 0.1) is 19.2 Å². The molecule has 0 saturated carbocycles. The fourth-order valence-corrected chi connectivity index (χ4v) is 5.02. The number of para-hydroxylation sites is 1. The van der Waals surface area contributed by atoms with Crippen molar-refractivity contribution in [2.24, 2.45) is 0 Å². The second-order valence-corrected chi connectivity index (χ2v) is 9.42. The van der Waals surface area contributed by atoms with E-state index in [4.69, 9.17) is 20.0 Å². The summed E-state index contributed by atoms with van der Waals surface area (Å²) < 4.78 is 13.6. The van der Waals surface area contributed by atoms with Gasteiger partial charge in [0.15, 0.2) is 5.82 Å². The third-order valence-electron chi connectivity index (χ3n) is 6.93. The van der Waals surface area contributed by atoms with Gasteiger partial charge in [-0.3, -0.25) is 0 Å². The highest BCUT2D eigenvalue weighted by atomic mass is 16.5. The van der Waals surface area contributed by atoms with Crippen molar-refractivity contribution < 1.29 is 14.3 Å². The summed E-state index contributed by atoms with van der Waals surface area (Å²) >= 11 is 0. The molecular weight excluding hydrogens is 504 g/mol. The molecule has 2 aromatic heterocycles. The fourth-order valence-electron chi connectivity index (χ4n) is 5.02. The van der Waals surface area contributed by atoms with E-state index in [-0.39, 0.29) is 5.95 Å². The minimum atomic E-state index is 0.281. The van der Waals surface area contributed by atoms with Crippen LogP contribution in [0.15, 0.2) is 42.5 Å². The first kappa shape index (κ1) is 30.4. The molecule has 3 heterocycles. The van der Waals surface area contributed by atoms with Crippen LogP contribution < -0.4 is 21.1 Å². The summed E-state index contributed by atoms with van der Waals surface area (Å²) in [6.07, 6.45) is 12.3. The van der Waals surface area contributed by atoms with Crippen LogP contribution in [0.2, 0.25) is 0 Å². The fraction of sp³-hybridized carbons (Fsp3) is 0.387. The number of benzene rings is 2. The number of ether oxygens (including phenoxy) is 2. The number of fused-ring (bicyclic) bond motifs is 3. The minimum Gasteiger partial charge on any atom is -0.496 e. The highest BCUT2D eigenvalue weighted by Crippen LogP contribution is 2.34. The van der Waals surface area contributed by atoms with E-state index in [2.05, 4.69) is 81.3 Å². The zero-order valence-electron chi connectivity index (χ0n) is 23.5. The topological polar surface area (TPSA) is 116 Å². The number of aromatic nitrogens is 3. The van der Waals surface area contributed by atoms with Crippen molar-refractivity contribution in [1.82, 2.24) is 19.9 Å². The van der Waals surface area contributed by atoms with Gasteiger partial charge in [0, 0.05) is 43.3 Å². The lowest BCUT2D eigenvalue weighted by Crippen LogP contribution is -2.34. The zero-order chi connectivity index (χ0) is 28.9. The van der Waals surface area contributed by atoms with Gasteiger partial charge in [0.25, 0.3) is 0 Å². The van der Waals surface area contributed by atoms with Gasteiger partial charge in [0.2, 0.25) is 5.95 Å². The molecule has 0 aliphatic carbocycles. The SMILES string of the molecule is C#C.C=O.CCCCNc1nc(N)nc2c3ccccc3n(Cc3cc(CNC4CCOCC4)ccc3OC)c12. The van der Waals surface area contributed by atoms with Crippen LogP contribution in [0.3, 0.4) is 0 Å². The molecule has 0 radical (unpaired) electrons. The Kier molecular flexibility index (Phi) is 11.8. The summed E-state index contributed by atoms with van der Waals surface area (Å²) in [6, 6.07) is 15.3. The lowest BCUT2D eigenvalue weighted by Gasteiger charge is -2.23. The van der Waals surface area contributed by atoms with Gasteiger partial charge in [-0.25, -0.2) is 4.98 Å². The first-order chi connectivity index (χ1) is 19.7. The molecule has 1 saturated heterocycles. The number of carbonyl (C=O) groups is 1. The quantitative estimate of drug-likeness (QED) is 0.193. The summed E-state index contributed by atoms with van der Waals surface area (Å²) in [6.45, 7) is 8.13. The average Bonchev–Trinajstić information content (AvgIpc) is 3.32. The number of rotatable bonds is 10. The lowest BCUT2D eigenvalue weighted by molar-refractivity contribution is -0.0980. The molecule has 5 rings (SSSR count). The van der Waals surface area contributed by atoms with Crippen molar-refractivity contribution in [2.75, 3.05) is 37.9 Å². The Morgan fingerprint density at radius 2 is 1.90 bits per heavy atom. The van der Waals surface area contributed by atoms with Crippen molar-refractivity contribution in [3.8, 4) is 18.6 Å². The molecule has 1 fully saturated rings. The number of nitrogens with one attached hydrogen (secondary N) is 2. The monoisotopic (exact) mass is 544 g/mol. The maximum atomic E-state index is 8.00. The predicted octanol–water partition coefficient (Wildman–Crippen LogP) is 4.77. The molecule has 0 spiro atoms. The predicted molar refractivity (Wildman–Crippen MR) is 163 cm³/mol. The van der Waals surface area contributed by atoms with Crippen molar-refractivity contribution in [1.29, 1.82) is 0 Å². The third-order valence-corrected chi connectivity index (χ3v) is 6.93. The van der Waals surface area contributed by atoms with E-state index in [0.29, 0.717) is 12.6 Å². The number of nitrogens with zero attached hydrogens (tertiary/aromatic N) is 3. The molecule has 2 aromatic carbocycles. The third kappa shape index (κ3) is 7.08. The number of nitrogens with two attached hydrogens (primary N) is 1. The highest BCUT2D eigenvalue weighted by molar-refractivity contribution is 6.09. The number of nitrogen functional groups attached to an aromatic ring is 1. The first-order valence-corrected chi connectivity index (χ1v) is 13.6. The number of carbonyl (C=O) groups excluding carboxylic acids is 1. The van der Waals surface area contributed by atoms with Gasteiger partial charge < -0.3 is 35.2 Å². The Labute approximate surface area is 236 Å². The molecule has 4 aromatic rings. The van der Waals surface area contributed by atoms with E-state index in [1.807, 2.05) is 12.9 Å². The van der Waals surface area contributed by atoms with Crippen LogP contribution in [0, 0.1) is 12.8 Å². The Balaban J connectivity index is 0.00000106. The number of hydrogen-bond acceptors (Lipinski definition) is 8. The van der Waals surface area contributed by atoms with Crippen LogP contribution in [-0.2, 0) is 22.6 Å². The Bertz CT molecular complexity index is 1390. The molecule has 1 aliphatic rings. The molecule has 4 N–H and O–H groups in total. The van der Waals surface area contributed by atoms with Crippen molar-refractivity contribution in [3.05, 3.63) is 53.6 Å². The number of anilines is 2. The van der Waals surface area contributed by atoms with Crippen LogP contribution in [-0.4, -0.2) is 54.2 Å². The molecule has 0 amide bonds. The van der Waals surface area contributed by atoms with Crippen molar-refractivity contribution >= 4 is 40.5 Å². The normalized spacial score (nSPS) is 13.2. The van der Waals surface area contributed by atoms with Crippen LogP contribution >= 0.6 is 0 Å². The van der Waals surface area contributed by atoms with Crippen molar-refractivity contribution in [3.63, 3.8) is 0 Å². The molecule has 212 valence electrons. The second-order valence-electron chi connectivity index (χ2n) is 9.42. The summed E-state index contributed by atoms with van der Waals surface area (Å²) in [5.74, 6) is 1.93. The van der Waals surface area contributed by atoms with Crippen molar-refractivity contribution in [2.45, 2.75) is 51.7 Å². The average molecular weight is 545 g/mol. The minimum absolute atomic E-state index is 0.281. The first-order valence-electron chi connectivity index (χ1n) is 13.6. The van der Waals surface area contributed by atoms with Gasteiger partial charge in [-0.05, 0) is 43.0 Å². The smallest absolute Gasteiger partial charge is 0.222 e. The number of methoxy groups -OCH3 is 1. The van der Waals surface area contributed by atoms with E-state index in [0.717, 1.165) is 91.1 Å². The van der Waals surface area contributed by atoms with Gasteiger partial charge in [0.1, 0.15) is 23.6 Å². The largest absolute Gasteiger partial charge is 0.496 e. The molecule has 40 heavy (non-hydrogen) atoms. The summed E-state index contributed by atoms with van der Waals surface area (Å²) in [7, 11) is 1.73. The standard InChI is InChI=1S/C28H36N6O2.C2H2.CH2O/c1-3-4-13-30-27-26-25(32-28(29)33-27)22-7-5-6-8-23(22)34(26)18-20-16-19(9-10-24(20)35-2)17-31-21-11-14-36-15-12-21;2*1-2/h5-10,16,21,31H,3-4,11-15,17-18H2,1-2H3,(H3,29,30,32,33);1-2H;1H2. The highest BCUT2D eigenvalue weighted by Gasteiger charge is 2.19. The van der Waals surface area contributed by atoms with Gasteiger partial charge in [-0.1, -0.05) is 37.6 Å². The number of terminal acetylenes is 1. The Hall–Kier alpha value is -4.13. The maximum absolute atomic E-state index is 8.00. The Morgan fingerprint density at radius 3 is 2.62 bits per heavy atom. The maximum Gasteiger partial charge on any atom is 0.222 e. The molecular formula is C31H40N6O3. The van der Waals surface area contributed by atoms with Gasteiger partial charge >= 0.3 is 0 Å². The summed E-state index contributed by atoms with van der Waals surface area (Å²) in [5.41, 5.74) is 11.4. The summed E-state index contributed by atoms with van der Waals surface area (Å²) in [4.78, 5) is 17.2. The molecule has 0 unspecified atom stereocenters.